The maximum absolute atomic E-state index is 12.6. The first-order valence-corrected chi connectivity index (χ1v) is 8.57. The second kappa shape index (κ2) is 6.42. The second-order valence-electron chi connectivity index (χ2n) is 6.94. The van der Waals surface area contributed by atoms with Crippen molar-refractivity contribution in [3.8, 4) is 5.75 Å². The standard InChI is InChI=1S/C21H19NO4/c23-18-11-21(13-22(14-21)12-16-4-2-1-3-5-16)26-19-8-6-15(10-17(18)19)7-9-20(24)25/h1-10H,11-14H2,(H,24,25)/b9-7+. The first-order chi connectivity index (χ1) is 12.5. The molecule has 5 nitrogen and oxygen atoms in total. The van der Waals surface area contributed by atoms with Crippen LogP contribution in [0.2, 0.25) is 0 Å². The molecule has 2 heterocycles. The van der Waals surface area contributed by atoms with Crippen molar-refractivity contribution in [1.29, 1.82) is 0 Å². The lowest BCUT2D eigenvalue weighted by molar-refractivity contribution is -0.131. The van der Waals surface area contributed by atoms with Crippen LogP contribution in [0.4, 0.5) is 0 Å². The number of carboxylic acid groups (broad SMARTS) is 1. The molecule has 2 aliphatic rings. The minimum absolute atomic E-state index is 0.0520. The predicted molar refractivity (Wildman–Crippen MR) is 97.1 cm³/mol. The minimum atomic E-state index is -1.02. The van der Waals surface area contributed by atoms with Crippen molar-refractivity contribution >= 4 is 17.8 Å². The molecule has 0 bridgehead atoms. The fourth-order valence-corrected chi connectivity index (χ4v) is 3.68. The maximum Gasteiger partial charge on any atom is 0.328 e. The molecule has 2 aliphatic heterocycles. The summed E-state index contributed by atoms with van der Waals surface area (Å²) in [6.45, 7) is 2.31. The molecule has 2 aromatic carbocycles. The lowest BCUT2D eigenvalue weighted by Gasteiger charge is -2.51. The molecule has 1 N–H and O–H groups in total. The van der Waals surface area contributed by atoms with Crippen LogP contribution in [-0.2, 0) is 11.3 Å². The van der Waals surface area contributed by atoms with Crippen molar-refractivity contribution < 1.29 is 19.4 Å². The van der Waals surface area contributed by atoms with Gasteiger partial charge in [0, 0.05) is 25.7 Å². The molecule has 0 amide bonds. The lowest BCUT2D eigenvalue weighted by Crippen LogP contribution is -2.66. The summed E-state index contributed by atoms with van der Waals surface area (Å²) in [6.07, 6.45) is 2.90. The zero-order valence-electron chi connectivity index (χ0n) is 14.2. The molecule has 0 unspecified atom stereocenters. The number of aliphatic carboxylic acids is 1. The summed E-state index contributed by atoms with van der Waals surface area (Å²) in [6, 6.07) is 15.5. The van der Waals surface area contributed by atoms with E-state index in [0.717, 1.165) is 25.7 Å². The first-order valence-electron chi connectivity index (χ1n) is 8.57. The molecule has 0 atom stereocenters. The number of hydrogen-bond donors (Lipinski definition) is 1. The number of fused-ring (bicyclic) bond motifs is 1. The molecule has 132 valence electrons. The van der Waals surface area contributed by atoms with Crippen molar-refractivity contribution in [2.75, 3.05) is 13.1 Å². The number of carboxylic acids is 1. The molecule has 0 radical (unpaired) electrons. The number of Topliss-reactive ketones (excluding diaryl/α,β-unsaturated/α-hetero) is 1. The first kappa shape index (κ1) is 16.5. The van der Waals surface area contributed by atoms with E-state index in [1.807, 2.05) is 18.2 Å². The highest BCUT2D eigenvalue weighted by Crippen LogP contribution is 2.39. The van der Waals surface area contributed by atoms with Gasteiger partial charge >= 0.3 is 5.97 Å². The number of likely N-dealkylation sites (tertiary alicyclic amines) is 1. The number of carbonyl (C=O) groups is 2. The Kier molecular flexibility index (Phi) is 4.09. The molecule has 0 aromatic heterocycles. The van der Waals surface area contributed by atoms with Crippen LogP contribution in [0.5, 0.6) is 5.75 Å². The van der Waals surface area contributed by atoms with Crippen molar-refractivity contribution in [2.45, 2.75) is 18.6 Å². The average Bonchev–Trinajstić information content (AvgIpc) is 2.60. The fourth-order valence-electron chi connectivity index (χ4n) is 3.68. The molecule has 2 aromatic rings. The summed E-state index contributed by atoms with van der Waals surface area (Å²) in [4.78, 5) is 25.5. The Labute approximate surface area is 151 Å². The van der Waals surface area contributed by atoms with E-state index >= 15 is 0 Å². The van der Waals surface area contributed by atoms with Crippen molar-refractivity contribution in [2.24, 2.45) is 0 Å². The molecule has 1 spiro atoms. The summed E-state index contributed by atoms with van der Waals surface area (Å²) >= 11 is 0. The van der Waals surface area contributed by atoms with Crippen LogP contribution in [0.1, 0.15) is 27.9 Å². The molecule has 4 rings (SSSR count). The summed E-state index contributed by atoms with van der Waals surface area (Å²) in [5.41, 5.74) is 2.03. The maximum atomic E-state index is 12.6. The van der Waals surface area contributed by atoms with Gasteiger partial charge in [0.25, 0.3) is 0 Å². The molecular weight excluding hydrogens is 330 g/mol. The molecule has 0 aliphatic carbocycles. The van der Waals surface area contributed by atoms with Gasteiger partial charge < -0.3 is 9.84 Å². The molecule has 26 heavy (non-hydrogen) atoms. The van der Waals surface area contributed by atoms with Crippen LogP contribution in [0, 0.1) is 0 Å². The van der Waals surface area contributed by atoms with Gasteiger partial charge in [-0.1, -0.05) is 36.4 Å². The van der Waals surface area contributed by atoms with Gasteiger partial charge in [-0.05, 0) is 29.3 Å². The number of ether oxygens (including phenoxy) is 1. The fraction of sp³-hybridized carbons (Fsp3) is 0.238. The van der Waals surface area contributed by atoms with E-state index in [-0.39, 0.29) is 5.78 Å². The average molecular weight is 349 g/mol. The number of benzene rings is 2. The smallest absolute Gasteiger partial charge is 0.328 e. The highest BCUT2D eigenvalue weighted by atomic mass is 16.5. The predicted octanol–water partition coefficient (Wildman–Crippen LogP) is 3.00. The quantitative estimate of drug-likeness (QED) is 0.860. The highest BCUT2D eigenvalue weighted by Gasteiger charge is 2.49. The van der Waals surface area contributed by atoms with E-state index in [9.17, 15) is 9.59 Å². The largest absolute Gasteiger partial charge is 0.483 e. The summed E-state index contributed by atoms with van der Waals surface area (Å²) in [5.74, 6) is -0.374. The zero-order valence-corrected chi connectivity index (χ0v) is 14.2. The topological polar surface area (TPSA) is 66.8 Å². The lowest BCUT2D eigenvalue weighted by atomic mass is 9.83. The van der Waals surface area contributed by atoms with Crippen LogP contribution in [0.15, 0.2) is 54.6 Å². The van der Waals surface area contributed by atoms with Crippen LogP contribution < -0.4 is 4.74 Å². The monoisotopic (exact) mass is 349 g/mol. The van der Waals surface area contributed by atoms with Gasteiger partial charge in [0.05, 0.1) is 12.0 Å². The van der Waals surface area contributed by atoms with Crippen LogP contribution >= 0.6 is 0 Å². The van der Waals surface area contributed by atoms with Gasteiger partial charge in [0.2, 0.25) is 0 Å². The Balaban J connectivity index is 1.46. The number of ketones is 1. The Morgan fingerprint density at radius 1 is 1.19 bits per heavy atom. The van der Waals surface area contributed by atoms with Gasteiger partial charge in [0.1, 0.15) is 11.4 Å². The Morgan fingerprint density at radius 2 is 1.96 bits per heavy atom. The summed E-state index contributed by atoms with van der Waals surface area (Å²) < 4.78 is 6.17. The van der Waals surface area contributed by atoms with Gasteiger partial charge in [0.15, 0.2) is 5.78 Å². The van der Waals surface area contributed by atoms with Gasteiger partial charge in [-0.25, -0.2) is 4.79 Å². The molecular formula is C21H19NO4. The summed E-state index contributed by atoms with van der Waals surface area (Å²) in [7, 11) is 0. The SMILES string of the molecule is O=C(O)/C=C/c1ccc2c(c1)C(=O)CC1(CN(Cc3ccccc3)C1)O2. The van der Waals surface area contributed by atoms with E-state index in [1.165, 1.54) is 11.6 Å². The van der Waals surface area contributed by atoms with Crippen molar-refractivity contribution in [1.82, 2.24) is 4.90 Å². The van der Waals surface area contributed by atoms with Crippen molar-refractivity contribution in [3.63, 3.8) is 0 Å². The zero-order chi connectivity index (χ0) is 18.1. The van der Waals surface area contributed by atoms with E-state index in [4.69, 9.17) is 9.84 Å². The Morgan fingerprint density at radius 3 is 2.69 bits per heavy atom. The van der Waals surface area contributed by atoms with E-state index in [1.54, 1.807) is 18.2 Å². The molecule has 1 saturated heterocycles. The van der Waals surface area contributed by atoms with Gasteiger partial charge in [-0.3, -0.25) is 9.69 Å². The normalized spacial score (nSPS) is 18.4. The molecule has 0 saturated carbocycles. The van der Waals surface area contributed by atoms with Crippen LogP contribution in [-0.4, -0.2) is 40.4 Å². The van der Waals surface area contributed by atoms with E-state index < -0.39 is 11.6 Å². The third kappa shape index (κ3) is 3.26. The van der Waals surface area contributed by atoms with Crippen LogP contribution in [0.25, 0.3) is 6.08 Å². The van der Waals surface area contributed by atoms with E-state index in [0.29, 0.717) is 23.3 Å². The van der Waals surface area contributed by atoms with E-state index in [2.05, 4.69) is 17.0 Å². The highest BCUT2D eigenvalue weighted by molar-refractivity contribution is 6.01. The number of hydrogen-bond acceptors (Lipinski definition) is 4. The second-order valence-corrected chi connectivity index (χ2v) is 6.94. The third-order valence-corrected chi connectivity index (χ3v) is 4.80. The van der Waals surface area contributed by atoms with Crippen molar-refractivity contribution in [3.05, 3.63) is 71.3 Å². The van der Waals surface area contributed by atoms with Crippen LogP contribution in [0.3, 0.4) is 0 Å². The molecule has 5 heteroatoms. The number of rotatable bonds is 4. The third-order valence-electron chi connectivity index (χ3n) is 4.80. The number of nitrogens with zero attached hydrogens (tertiary/aromatic N) is 1. The summed E-state index contributed by atoms with van der Waals surface area (Å²) in [5, 5.41) is 8.72. The minimum Gasteiger partial charge on any atom is -0.483 e. The molecule has 1 fully saturated rings. The van der Waals surface area contributed by atoms with Gasteiger partial charge in [-0.15, -0.1) is 0 Å². The number of carbonyl (C=O) groups excluding carboxylic acids is 1. The Hall–Kier alpha value is -2.92. The Bertz CT molecular complexity index is 882. The van der Waals surface area contributed by atoms with Gasteiger partial charge in [-0.2, -0.15) is 0 Å².